The molecule has 1 atom stereocenters. The summed E-state index contributed by atoms with van der Waals surface area (Å²) >= 11 is 1.63. The van der Waals surface area contributed by atoms with Gasteiger partial charge in [0.2, 0.25) is 5.91 Å². The minimum absolute atomic E-state index is 0.0551. The van der Waals surface area contributed by atoms with E-state index in [-0.39, 0.29) is 24.7 Å². The third-order valence-electron chi connectivity index (χ3n) is 1.97. The molecule has 0 aliphatic heterocycles. The zero-order valence-corrected chi connectivity index (χ0v) is 10.1. The van der Waals surface area contributed by atoms with Gasteiger partial charge in [-0.15, -0.1) is 0 Å². The van der Waals surface area contributed by atoms with Crippen molar-refractivity contribution in [2.24, 2.45) is 0 Å². The number of ether oxygens (including phenoxy) is 1. The van der Waals surface area contributed by atoms with E-state index in [1.807, 2.05) is 37.6 Å². The van der Waals surface area contributed by atoms with Gasteiger partial charge in [-0.3, -0.25) is 4.79 Å². The molecule has 1 aromatic rings. The smallest absolute Gasteiger partial charge is 0.246 e. The Kier molecular flexibility index (Phi) is 4.78. The Morgan fingerprint density at radius 2 is 2.27 bits per heavy atom. The average Bonchev–Trinajstić information content (AvgIpc) is 2.67. The summed E-state index contributed by atoms with van der Waals surface area (Å²) in [7, 11) is 0. The number of amides is 1. The predicted molar refractivity (Wildman–Crippen MR) is 62.0 cm³/mol. The fraction of sp³-hybridized carbons (Fsp3) is 0.545. The fourth-order valence-electron chi connectivity index (χ4n) is 1.13. The molecule has 1 rings (SSSR count). The maximum Gasteiger partial charge on any atom is 0.246 e. The molecule has 4 heteroatoms. The van der Waals surface area contributed by atoms with Crippen molar-refractivity contribution in [3.63, 3.8) is 0 Å². The third-order valence-corrected chi connectivity index (χ3v) is 2.67. The summed E-state index contributed by atoms with van der Waals surface area (Å²) in [5.74, 6) is -0.0672. The zero-order valence-electron chi connectivity index (χ0n) is 9.32. The zero-order chi connectivity index (χ0) is 11.3. The van der Waals surface area contributed by atoms with Gasteiger partial charge in [-0.2, -0.15) is 11.3 Å². The summed E-state index contributed by atoms with van der Waals surface area (Å²) < 4.78 is 5.21. The first kappa shape index (κ1) is 12.2. The highest BCUT2D eigenvalue weighted by atomic mass is 32.1. The summed E-state index contributed by atoms with van der Waals surface area (Å²) in [5, 5.41) is 6.92. The lowest BCUT2D eigenvalue weighted by Gasteiger charge is -2.13. The molecule has 1 amide bonds. The van der Waals surface area contributed by atoms with E-state index in [4.69, 9.17) is 4.74 Å². The lowest BCUT2D eigenvalue weighted by atomic mass is 10.2. The Hall–Kier alpha value is -0.870. The van der Waals surface area contributed by atoms with Crippen molar-refractivity contribution in [3.05, 3.63) is 22.4 Å². The van der Waals surface area contributed by atoms with Crippen LogP contribution >= 0.6 is 11.3 Å². The maximum absolute atomic E-state index is 11.4. The molecule has 0 saturated heterocycles. The highest BCUT2D eigenvalue weighted by molar-refractivity contribution is 7.07. The molecule has 0 bridgehead atoms. The number of thiophene rings is 1. The van der Waals surface area contributed by atoms with Crippen LogP contribution in [0.15, 0.2) is 16.8 Å². The van der Waals surface area contributed by atoms with Crippen LogP contribution in [0.25, 0.3) is 0 Å². The van der Waals surface area contributed by atoms with Crippen molar-refractivity contribution in [2.75, 3.05) is 6.61 Å². The van der Waals surface area contributed by atoms with E-state index in [1.165, 1.54) is 0 Å². The normalized spacial score (nSPS) is 12.8. The van der Waals surface area contributed by atoms with Crippen LogP contribution in [0.1, 0.15) is 32.4 Å². The van der Waals surface area contributed by atoms with Crippen LogP contribution in [-0.4, -0.2) is 18.6 Å². The van der Waals surface area contributed by atoms with Gasteiger partial charge in [-0.25, -0.2) is 0 Å². The van der Waals surface area contributed by atoms with Crippen LogP contribution in [0.4, 0.5) is 0 Å². The Bertz CT molecular complexity index is 296. The topological polar surface area (TPSA) is 38.3 Å². The lowest BCUT2D eigenvalue weighted by molar-refractivity contribution is -0.127. The number of rotatable bonds is 5. The average molecular weight is 227 g/mol. The Morgan fingerprint density at radius 3 is 2.80 bits per heavy atom. The second-order valence-electron chi connectivity index (χ2n) is 3.71. The molecule has 0 radical (unpaired) electrons. The number of hydrogen-bond acceptors (Lipinski definition) is 3. The minimum atomic E-state index is -0.0672. The van der Waals surface area contributed by atoms with Gasteiger partial charge in [-0.1, -0.05) is 0 Å². The third kappa shape index (κ3) is 4.44. The van der Waals surface area contributed by atoms with Gasteiger partial charge in [0.05, 0.1) is 12.1 Å². The van der Waals surface area contributed by atoms with E-state index < -0.39 is 0 Å². The van der Waals surface area contributed by atoms with Crippen molar-refractivity contribution in [3.8, 4) is 0 Å². The van der Waals surface area contributed by atoms with Crippen molar-refractivity contribution < 1.29 is 9.53 Å². The van der Waals surface area contributed by atoms with E-state index in [0.717, 1.165) is 5.56 Å². The Balaban J connectivity index is 2.32. The molecule has 0 aliphatic carbocycles. The maximum atomic E-state index is 11.4. The summed E-state index contributed by atoms with van der Waals surface area (Å²) in [5.41, 5.74) is 1.14. The molecule has 3 nitrogen and oxygen atoms in total. The van der Waals surface area contributed by atoms with Gasteiger partial charge in [0.25, 0.3) is 0 Å². The van der Waals surface area contributed by atoms with Crippen molar-refractivity contribution in [2.45, 2.75) is 32.9 Å². The van der Waals surface area contributed by atoms with E-state index >= 15 is 0 Å². The molecule has 1 N–H and O–H groups in total. The van der Waals surface area contributed by atoms with Crippen molar-refractivity contribution in [1.82, 2.24) is 5.32 Å². The molecule has 15 heavy (non-hydrogen) atoms. The number of carbonyl (C=O) groups is 1. The molecule has 1 unspecified atom stereocenters. The van der Waals surface area contributed by atoms with Gasteiger partial charge < -0.3 is 10.1 Å². The predicted octanol–water partition coefficient (Wildman–Crippen LogP) is 2.35. The van der Waals surface area contributed by atoms with Gasteiger partial charge >= 0.3 is 0 Å². The highest BCUT2D eigenvalue weighted by Gasteiger charge is 2.10. The molecule has 1 heterocycles. The van der Waals surface area contributed by atoms with E-state index in [2.05, 4.69) is 5.32 Å². The lowest BCUT2D eigenvalue weighted by Crippen LogP contribution is -2.30. The van der Waals surface area contributed by atoms with Crippen LogP contribution in [0.5, 0.6) is 0 Å². The molecular formula is C11H17NO2S. The summed E-state index contributed by atoms with van der Waals surface area (Å²) in [6.45, 7) is 5.92. The summed E-state index contributed by atoms with van der Waals surface area (Å²) in [6.07, 6.45) is 0.0900. The van der Waals surface area contributed by atoms with Crippen LogP contribution in [0.2, 0.25) is 0 Å². The van der Waals surface area contributed by atoms with Crippen LogP contribution in [0.3, 0.4) is 0 Å². The van der Waals surface area contributed by atoms with Gasteiger partial charge in [-0.05, 0) is 43.2 Å². The molecule has 0 aliphatic rings. The quantitative estimate of drug-likeness (QED) is 0.838. The van der Waals surface area contributed by atoms with Gasteiger partial charge in [0.1, 0.15) is 6.61 Å². The van der Waals surface area contributed by atoms with E-state index in [0.29, 0.717) is 0 Å². The summed E-state index contributed by atoms with van der Waals surface area (Å²) in [4.78, 5) is 11.4. The SMILES string of the molecule is CC(C)OCC(=O)NC(C)c1ccsc1. The minimum Gasteiger partial charge on any atom is -0.369 e. The molecule has 0 fully saturated rings. The number of carbonyl (C=O) groups excluding carboxylic acids is 1. The van der Waals surface area contributed by atoms with Crippen molar-refractivity contribution >= 4 is 17.2 Å². The highest BCUT2D eigenvalue weighted by Crippen LogP contribution is 2.15. The first-order valence-corrected chi connectivity index (χ1v) is 5.97. The van der Waals surface area contributed by atoms with Crippen LogP contribution in [0, 0.1) is 0 Å². The molecular weight excluding hydrogens is 210 g/mol. The fourth-order valence-corrected chi connectivity index (χ4v) is 1.88. The van der Waals surface area contributed by atoms with Gasteiger partial charge in [0, 0.05) is 0 Å². The second kappa shape index (κ2) is 5.88. The molecule has 0 saturated carbocycles. The van der Waals surface area contributed by atoms with E-state index in [1.54, 1.807) is 11.3 Å². The standard InChI is InChI=1S/C11H17NO2S/c1-8(2)14-6-11(13)12-9(3)10-4-5-15-7-10/h4-5,7-9H,6H2,1-3H3,(H,12,13). The Labute approximate surface area is 94.5 Å². The largest absolute Gasteiger partial charge is 0.369 e. The molecule has 1 aromatic heterocycles. The first-order valence-electron chi connectivity index (χ1n) is 5.02. The molecule has 84 valence electrons. The molecule has 0 spiro atoms. The Morgan fingerprint density at radius 1 is 1.53 bits per heavy atom. The first-order chi connectivity index (χ1) is 7.09. The van der Waals surface area contributed by atoms with Gasteiger partial charge in [0.15, 0.2) is 0 Å². The van der Waals surface area contributed by atoms with E-state index in [9.17, 15) is 4.79 Å². The number of nitrogens with one attached hydrogen (secondary N) is 1. The van der Waals surface area contributed by atoms with Crippen molar-refractivity contribution in [1.29, 1.82) is 0 Å². The van der Waals surface area contributed by atoms with Crippen LogP contribution in [-0.2, 0) is 9.53 Å². The monoisotopic (exact) mass is 227 g/mol. The number of hydrogen-bond donors (Lipinski definition) is 1. The second-order valence-corrected chi connectivity index (χ2v) is 4.49. The van der Waals surface area contributed by atoms with Crippen LogP contribution < -0.4 is 5.32 Å². The summed E-state index contributed by atoms with van der Waals surface area (Å²) in [6, 6.07) is 2.07. The molecule has 0 aromatic carbocycles.